The first-order chi connectivity index (χ1) is 14.0. The zero-order valence-corrected chi connectivity index (χ0v) is 16.9. The highest BCUT2D eigenvalue weighted by Gasteiger charge is 2.16. The van der Waals surface area contributed by atoms with E-state index in [0.29, 0.717) is 23.9 Å². The first-order valence-electron chi connectivity index (χ1n) is 8.86. The van der Waals surface area contributed by atoms with Crippen LogP contribution in [0.3, 0.4) is 0 Å². The van der Waals surface area contributed by atoms with Crippen molar-refractivity contribution < 1.29 is 14.3 Å². The van der Waals surface area contributed by atoms with E-state index in [1.807, 2.05) is 32.0 Å². The lowest BCUT2D eigenvalue weighted by molar-refractivity contribution is 0.102. The maximum Gasteiger partial charge on any atom is 0.275 e. The Morgan fingerprint density at radius 2 is 1.93 bits per heavy atom. The molecule has 9 heteroatoms. The van der Waals surface area contributed by atoms with Gasteiger partial charge in [0.2, 0.25) is 5.88 Å². The number of carbonyl (C=O) groups is 1. The van der Waals surface area contributed by atoms with Crippen LogP contribution < -0.4 is 20.1 Å². The minimum atomic E-state index is -0.456. The molecule has 0 spiro atoms. The fraction of sp³-hybridized carbons (Fsp3) is 0.200. The Kier molecular flexibility index (Phi) is 6.46. The molecule has 2 aromatic heterocycles. The minimum absolute atomic E-state index is 0.175. The quantitative estimate of drug-likeness (QED) is 0.597. The highest BCUT2D eigenvalue weighted by Crippen LogP contribution is 2.32. The third-order valence-electron chi connectivity index (χ3n) is 3.92. The van der Waals surface area contributed by atoms with Gasteiger partial charge in [0.15, 0.2) is 11.6 Å². The molecule has 0 fully saturated rings. The van der Waals surface area contributed by atoms with E-state index in [-0.39, 0.29) is 22.5 Å². The molecule has 29 heavy (non-hydrogen) atoms. The second-order valence-corrected chi connectivity index (χ2v) is 6.30. The lowest BCUT2D eigenvalue weighted by Crippen LogP contribution is -2.17. The van der Waals surface area contributed by atoms with E-state index in [4.69, 9.17) is 21.1 Å². The predicted octanol–water partition coefficient (Wildman–Crippen LogP) is 4.24. The summed E-state index contributed by atoms with van der Waals surface area (Å²) in [7, 11) is 1.57. The smallest absolute Gasteiger partial charge is 0.275 e. The van der Waals surface area contributed by atoms with Gasteiger partial charge in [-0.15, -0.1) is 0 Å². The number of rotatable bonds is 7. The highest BCUT2D eigenvalue weighted by atomic mass is 35.5. The number of aryl methyl sites for hydroxylation is 1. The summed E-state index contributed by atoms with van der Waals surface area (Å²) in [5, 5.41) is 6.03. The van der Waals surface area contributed by atoms with E-state index in [0.717, 1.165) is 5.56 Å². The molecule has 0 atom stereocenters. The van der Waals surface area contributed by atoms with E-state index >= 15 is 0 Å². The van der Waals surface area contributed by atoms with Crippen molar-refractivity contribution in [1.82, 2.24) is 15.0 Å². The summed E-state index contributed by atoms with van der Waals surface area (Å²) in [5.74, 6) is 1.01. The van der Waals surface area contributed by atoms with Gasteiger partial charge in [0.05, 0.1) is 25.6 Å². The first-order valence-corrected chi connectivity index (χ1v) is 9.24. The molecule has 3 aromatic rings. The van der Waals surface area contributed by atoms with Crippen LogP contribution in [0.25, 0.3) is 0 Å². The fourth-order valence-corrected chi connectivity index (χ4v) is 2.71. The molecule has 0 aliphatic heterocycles. The Balaban J connectivity index is 1.90. The number of nitrogens with zero attached hydrogens (tertiary/aromatic N) is 3. The van der Waals surface area contributed by atoms with Crippen molar-refractivity contribution in [3.8, 4) is 11.6 Å². The number of aromatic nitrogens is 3. The Hall–Kier alpha value is -3.39. The number of para-hydroxylation sites is 1. The predicted molar refractivity (Wildman–Crippen MR) is 111 cm³/mol. The Morgan fingerprint density at radius 3 is 2.69 bits per heavy atom. The molecule has 0 saturated heterocycles. The van der Waals surface area contributed by atoms with Crippen LogP contribution in [-0.4, -0.2) is 34.6 Å². The summed E-state index contributed by atoms with van der Waals surface area (Å²) in [6, 6.07) is 10.6. The zero-order valence-electron chi connectivity index (χ0n) is 16.2. The van der Waals surface area contributed by atoms with Gasteiger partial charge < -0.3 is 20.1 Å². The molecule has 0 saturated carbocycles. The molecule has 1 aromatic carbocycles. The second-order valence-electron chi connectivity index (χ2n) is 5.92. The Labute approximate surface area is 173 Å². The zero-order chi connectivity index (χ0) is 20.8. The molecular formula is C20H20ClN5O3. The van der Waals surface area contributed by atoms with Crippen LogP contribution in [0.2, 0.25) is 5.15 Å². The molecule has 2 N–H and O–H groups in total. The van der Waals surface area contributed by atoms with Crippen molar-refractivity contribution in [3.05, 3.63) is 59.0 Å². The van der Waals surface area contributed by atoms with E-state index in [1.54, 1.807) is 25.3 Å². The molecule has 2 heterocycles. The number of hydrogen-bond acceptors (Lipinski definition) is 7. The monoisotopic (exact) mass is 413 g/mol. The molecule has 0 unspecified atom stereocenters. The van der Waals surface area contributed by atoms with Crippen LogP contribution in [0.1, 0.15) is 23.0 Å². The number of pyridine rings is 1. The number of halogens is 1. The van der Waals surface area contributed by atoms with Crippen LogP contribution in [-0.2, 0) is 0 Å². The Bertz CT molecular complexity index is 1030. The van der Waals surface area contributed by atoms with Gasteiger partial charge in [0.25, 0.3) is 5.91 Å². The minimum Gasteiger partial charge on any atom is -0.495 e. The van der Waals surface area contributed by atoms with Gasteiger partial charge in [-0.25, -0.2) is 15.0 Å². The number of anilines is 3. The summed E-state index contributed by atoms with van der Waals surface area (Å²) in [6.07, 6.45) is 1.35. The van der Waals surface area contributed by atoms with Gasteiger partial charge in [-0.3, -0.25) is 4.79 Å². The van der Waals surface area contributed by atoms with Gasteiger partial charge in [-0.05, 0) is 31.5 Å². The molecule has 0 radical (unpaired) electrons. The van der Waals surface area contributed by atoms with Gasteiger partial charge in [0, 0.05) is 6.07 Å². The van der Waals surface area contributed by atoms with Gasteiger partial charge >= 0.3 is 0 Å². The van der Waals surface area contributed by atoms with Crippen molar-refractivity contribution in [2.45, 2.75) is 13.8 Å². The number of ether oxygens (including phenoxy) is 2. The second kappa shape index (κ2) is 9.20. The van der Waals surface area contributed by atoms with E-state index in [1.165, 1.54) is 6.20 Å². The molecule has 3 rings (SSSR count). The lowest BCUT2D eigenvalue weighted by atomic mass is 10.2. The van der Waals surface area contributed by atoms with Crippen LogP contribution >= 0.6 is 11.6 Å². The molecule has 1 amide bonds. The highest BCUT2D eigenvalue weighted by molar-refractivity contribution is 6.29. The van der Waals surface area contributed by atoms with Crippen LogP contribution in [0, 0.1) is 6.92 Å². The van der Waals surface area contributed by atoms with Gasteiger partial charge in [-0.1, -0.05) is 29.8 Å². The summed E-state index contributed by atoms with van der Waals surface area (Å²) in [6.45, 7) is 4.22. The molecule has 0 aliphatic rings. The SMILES string of the molecule is CCOc1cccc(C(=O)Nc2ncc(Cl)nc2Nc2c(C)cccc2OC)n1. The van der Waals surface area contributed by atoms with E-state index < -0.39 is 5.91 Å². The average molecular weight is 414 g/mol. The first kappa shape index (κ1) is 20.3. The molecule has 0 bridgehead atoms. The van der Waals surface area contributed by atoms with Gasteiger partial charge in [-0.2, -0.15) is 0 Å². The number of carbonyl (C=O) groups excluding carboxylic acids is 1. The van der Waals surface area contributed by atoms with Crippen LogP contribution in [0.4, 0.5) is 17.3 Å². The maximum absolute atomic E-state index is 12.7. The Morgan fingerprint density at radius 1 is 1.14 bits per heavy atom. The molecule has 150 valence electrons. The number of hydrogen-bond donors (Lipinski definition) is 2. The van der Waals surface area contributed by atoms with Gasteiger partial charge in [0.1, 0.15) is 16.6 Å². The summed E-state index contributed by atoms with van der Waals surface area (Å²) >= 11 is 6.02. The van der Waals surface area contributed by atoms with Crippen molar-refractivity contribution in [2.24, 2.45) is 0 Å². The number of amides is 1. The average Bonchev–Trinajstić information content (AvgIpc) is 2.72. The standard InChI is InChI=1S/C20H20ClN5O3/c1-4-29-16-10-6-8-13(23-16)20(27)26-18-19(24-15(21)11-22-18)25-17-12(2)7-5-9-14(17)28-3/h5-11H,4H2,1-3H3,(H,24,25)(H,22,26,27). The largest absolute Gasteiger partial charge is 0.495 e. The number of benzene rings is 1. The third-order valence-corrected chi connectivity index (χ3v) is 4.10. The summed E-state index contributed by atoms with van der Waals surface area (Å²) in [4.78, 5) is 25.3. The maximum atomic E-state index is 12.7. The van der Waals surface area contributed by atoms with Crippen LogP contribution in [0.5, 0.6) is 11.6 Å². The summed E-state index contributed by atoms with van der Waals surface area (Å²) < 4.78 is 10.7. The van der Waals surface area contributed by atoms with Crippen molar-refractivity contribution >= 4 is 34.8 Å². The third kappa shape index (κ3) is 4.91. The number of nitrogens with one attached hydrogen (secondary N) is 2. The number of methoxy groups -OCH3 is 1. The topological polar surface area (TPSA) is 98.3 Å². The van der Waals surface area contributed by atoms with E-state index in [9.17, 15) is 4.79 Å². The molecule has 8 nitrogen and oxygen atoms in total. The fourth-order valence-electron chi connectivity index (χ4n) is 2.58. The normalized spacial score (nSPS) is 10.3. The van der Waals surface area contributed by atoms with Crippen molar-refractivity contribution in [3.63, 3.8) is 0 Å². The van der Waals surface area contributed by atoms with Crippen molar-refractivity contribution in [2.75, 3.05) is 24.4 Å². The summed E-state index contributed by atoms with van der Waals surface area (Å²) in [5.41, 5.74) is 1.81. The van der Waals surface area contributed by atoms with E-state index in [2.05, 4.69) is 25.6 Å². The lowest BCUT2D eigenvalue weighted by Gasteiger charge is -2.15. The van der Waals surface area contributed by atoms with Crippen LogP contribution in [0.15, 0.2) is 42.6 Å². The van der Waals surface area contributed by atoms with Crippen molar-refractivity contribution in [1.29, 1.82) is 0 Å². The molecular weight excluding hydrogens is 394 g/mol. The molecule has 0 aliphatic carbocycles.